The Bertz CT molecular complexity index is 292. The van der Waals surface area contributed by atoms with Gasteiger partial charge >= 0.3 is 0 Å². The number of rotatable bonds is 1. The molecule has 1 fully saturated rings. The average Bonchev–Trinajstić information content (AvgIpc) is 1.93. The lowest BCUT2D eigenvalue weighted by atomic mass is 9.96. The molecule has 0 atom stereocenters. The SMILES string of the molecule is Cc1ccc(Br)c(C2COC2)c1. The number of aryl methyl sites for hydroxylation is 1. The van der Waals surface area contributed by atoms with Crippen LogP contribution in [0.5, 0.6) is 0 Å². The minimum atomic E-state index is 0.610. The van der Waals surface area contributed by atoms with Crippen molar-refractivity contribution in [1.29, 1.82) is 0 Å². The van der Waals surface area contributed by atoms with E-state index in [0.717, 1.165) is 13.2 Å². The van der Waals surface area contributed by atoms with E-state index in [2.05, 4.69) is 41.1 Å². The topological polar surface area (TPSA) is 9.23 Å². The van der Waals surface area contributed by atoms with E-state index in [4.69, 9.17) is 4.74 Å². The minimum Gasteiger partial charge on any atom is -0.380 e. The third-order valence-electron chi connectivity index (χ3n) is 2.23. The first kappa shape index (κ1) is 8.27. The fourth-order valence-corrected chi connectivity index (χ4v) is 1.96. The first-order valence-electron chi connectivity index (χ1n) is 4.11. The van der Waals surface area contributed by atoms with Crippen molar-refractivity contribution < 1.29 is 4.74 Å². The Balaban J connectivity index is 2.34. The maximum Gasteiger partial charge on any atom is 0.0557 e. The van der Waals surface area contributed by atoms with E-state index < -0.39 is 0 Å². The molecule has 0 amide bonds. The Morgan fingerprint density at radius 1 is 1.42 bits per heavy atom. The van der Waals surface area contributed by atoms with E-state index in [1.807, 2.05) is 0 Å². The molecule has 1 aromatic rings. The standard InChI is InChI=1S/C10H11BrO/c1-7-2-3-10(11)9(4-7)8-5-12-6-8/h2-4,8H,5-6H2,1H3. The predicted octanol–water partition coefficient (Wildman–Crippen LogP) is 2.87. The number of hydrogen-bond donors (Lipinski definition) is 0. The summed E-state index contributed by atoms with van der Waals surface area (Å²) < 4.78 is 6.37. The van der Waals surface area contributed by atoms with Gasteiger partial charge in [0.25, 0.3) is 0 Å². The van der Waals surface area contributed by atoms with Crippen LogP contribution in [-0.4, -0.2) is 13.2 Å². The molecule has 0 aliphatic carbocycles. The molecule has 1 nitrogen and oxygen atoms in total. The minimum absolute atomic E-state index is 0.610. The van der Waals surface area contributed by atoms with Crippen molar-refractivity contribution in [3.8, 4) is 0 Å². The van der Waals surface area contributed by atoms with Gasteiger partial charge in [-0.05, 0) is 18.6 Å². The molecule has 1 saturated heterocycles. The Kier molecular flexibility index (Phi) is 2.20. The smallest absolute Gasteiger partial charge is 0.0557 e. The van der Waals surface area contributed by atoms with Gasteiger partial charge in [0.15, 0.2) is 0 Å². The summed E-state index contributed by atoms with van der Waals surface area (Å²) in [5.41, 5.74) is 2.71. The third kappa shape index (κ3) is 1.41. The van der Waals surface area contributed by atoms with Gasteiger partial charge in [-0.1, -0.05) is 33.6 Å². The van der Waals surface area contributed by atoms with E-state index in [0.29, 0.717) is 5.92 Å². The molecule has 0 spiro atoms. The van der Waals surface area contributed by atoms with Crippen molar-refractivity contribution in [2.45, 2.75) is 12.8 Å². The predicted molar refractivity (Wildman–Crippen MR) is 52.4 cm³/mol. The zero-order valence-electron chi connectivity index (χ0n) is 7.01. The van der Waals surface area contributed by atoms with Gasteiger partial charge in [0, 0.05) is 10.4 Å². The molecule has 0 N–H and O–H groups in total. The number of halogens is 1. The van der Waals surface area contributed by atoms with Gasteiger partial charge in [-0.2, -0.15) is 0 Å². The highest BCUT2D eigenvalue weighted by Crippen LogP contribution is 2.30. The molecule has 2 rings (SSSR count). The molecule has 1 aromatic carbocycles. The summed E-state index contributed by atoms with van der Waals surface area (Å²) in [6, 6.07) is 6.47. The van der Waals surface area contributed by atoms with Crippen molar-refractivity contribution >= 4 is 15.9 Å². The summed E-state index contributed by atoms with van der Waals surface area (Å²) >= 11 is 3.55. The van der Waals surface area contributed by atoms with Crippen LogP contribution in [0.1, 0.15) is 17.0 Å². The number of benzene rings is 1. The van der Waals surface area contributed by atoms with Crippen LogP contribution in [0.3, 0.4) is 0 Å². The zero-order valence-corrected chi connectivity index (χ0v) is 8.60. The van der Waals surface area contributed by atoms with Gasteiger partial charge in [0.1, 0.15) is 0 Å². The normalized spacial score (nSPS) is 17.5. The summed E-state index contributed by atoms with van der Waals surface area (Å²) in [4.78, 5) is 0. The Labute approximate surface area is 80.9 Å². The molecule has 0 unspecified atom stereocenters. The van der Waals surface area contributed by atoms with Gasteiger partial charge in [-0.15, -0.1) is 0 Å². The van der Waals surface area contributed by atoms with E-state index in [-0.39, 0.29) is 0 Å². The first-order valence-corrected chi connectivity index (χ1v) is 4.90. The van der Waals surface area contributed by atoms with Crippen LogP contribution in [0.2, 0.25) is 0 Å². The van der Waals surface area contributed by atoms with Gasteiger partial charge < -0.3 is 4.74 Å². The summed E-state index contributed by atoms with van der Waals surface area (Å²) in [5.74, 6) is 0.610. The lowest BCUT2D eigenvalue weighted by Crippen LogP contribution is -2.25. The van der Waals surface area contributed by atoms with Crippen molar-refractivity contribution in [2.75, 3.05) is 13.2 Å². The van der Waals surface area contributed by atoms with Crippen LogP contribution in [0.15, 0.2) is 22.7 Å². The Morgan fingerprint density at radius 2 is 2.17 bits per heavy atom. The quantitative estimate of drug-likeness (QED) is 0.716. The van der Waals surface area contributed by atoms with Crippen molar-refractivity contribution in [2.24, 2.45) is 0 Å². The Morgan fingerprint density at radius 3 is 2.75 bits per heavy atom. The largest absolute Gasteiger partial charge is 0.380 e. The second-order valence-electron chi connectivity index (χ2n) is 3.26. The van der Waals surface area contributed by atoms with Crippen molar-refractivity contribution in [1.82, 2.24) is 0 Å². The van der Waals surface area contributed by atoms with Gasteiger partial charge in [-0.3, -0.25) is 0 Å². The molecule has 2 heteroatoms. The summed E-state index contributed by atoms with van der Waals surface area (Å²) in [6.45, 7) is 3.87. The molecule has 0 saturated carbocycles. The second-order valence-corrected chi connectivity index (χ2v) is 4.11. The fourth-order valence-electron chi connectivity index (χ4n) is 1.39. The van der Waals surface area contributed by atoms with Crippen LogP contribution in [-0.2, 0) is 4.74 Å². The van der Waals surface area contributed by atoms with Crippen molar-refractivity contribution in [3.05, 3.63) is 33.8 Å². The monoisotopic (exact) mass is 226 g/mol. The number of hydrogen-bond acceptors (Lipinski definition) is 1. The molecule has 0 radical (unpaired) electrons. The Hall–Kier alpha value is -0.340. The molecule has 1 aliphatic rings. The lowest BCUT2D eigenvalue weighted by molar-refractivity contribution is 0.00812. The highest BCUT2D eigenvalue weighted by molar-refractivity contribution is 9.10. The number of ether oxygens (including phenoxy) is 1. The molecule has 12 heavy (non-hydrogen) atoms. The fraction of sp³-hybridized carbons (Fsp3) is 0.400. The van der Waals surface area contributed by atoms with Gasteiger partial charge in [-0.25, -0.2) is 0 Å². The molecule has 64 valence electrons. The van der Waals surface area contributed by atoms with E-state index in [1.54, 1.807) is 0 Å². The molecular weight excluding hydrogens is 216 g/mol. The van der Waals surface area contributed by atoms with Crippen LogP contribution in [0, 0.1) is 6.92 Å². The van der Waals surface area contributed by atoms with Gasteiger partial charge in [0.2, 0.25) is 0 Å². The van der Waals surface area contributed by atoms with Crippen molar-refractivity contribution in [3.63, 3.8) is 0 Å². The van der Waals surface area contributed by atoms with Gasteiger partial charge in [0.05, 0.1) is 13.2 Å². The lowest BCUT2D eigenvalue weighted by Gasteiger charge is -2.27. The average molecular weight is 227 g/mol. The van der Waals surface area contributed by atoms with Crippen LogP contribution in [0.25, 0.3) is 0 Å². The van der Waals surface area contributed by atoms with E-state index >= 15 is 0 Å². The zero-order chi connectivity index (χ0) is 8.55. The highest BCUT2D eigenvalue weighted by Gasteiger charge is 2.22. The molecule has 1 heterocycles. The third-order valence-corrected chi connectivity index (χ3v) is 2.95. The first-order chi connectivity index (χ1) is 5.77. The van der Waals surface area contributed by atoms with Crippen LogP contribution in [0.4, 0.5) is 0 Å². The van der Waals surface area contributed by atoms with Crippen LogP contribution < -0.4 is 0 Å². The molecular formula is C10H11BrO. The van der Waals surface area contributed by atoms with Crippen LogP contribution >= 0.6 is 15.9 Å². The second kappa shape index (κ2) is 3.19. The molecule has 0 aromatic heterocycles. The molecule has 1 aliphatic heterocycles. The summed E-state index contributed by atoms with van der Waals surface area (Å²) in [5, 5.41) is 0. The molecule has 0 bridgehead atoms. The summed E-state index contributed by atoms with van der Waals surface area (Å²) in [7, 11) is 0. The van der Waals surface area contributed by atoms with E-state index in [9.17, 15) is 0 Å². The maximum atomic E-state index is 5.16. The maximum absolute atomic E-state index is 5.16. The highest BCUT2D eigenvalue weighted by atomic mass is 79.9. The summed E-state index contributed by atoms with van der Waals surface area (Å²) in [6.07, 6.45) is 0. The van der Waals surface area contributed by atoms with E-state index in [1.165, 1.54) is 15.6 Å².